The van der Waals surface area contributed by atoms with E-state index in [1.807, 2.05) is 13.8 Å². The molecule has 2 rings (SSSR count). The molecule has 1 aliphatic heterocycles. The van der Waals surface area contributed by atoms with Gasteiger partial charge in [-0.2, -0.15) is 0 Å². The maximum atomic E-state index is 5.74. The second-order valence-electron chi connectivity index (χ2n) is 3.73. The third-order valence-electron chi connectivity index (χ3n) is 2.50. The standard InChI is InChI=1S/C10H16N4O/c1-3-15-10-7(2)9(12-6-13-10)14-4-8(11)5-14/h6,8H,3-5,11H2,1-2H3. The summed E-state index contributed by atoms with van der Waals surface area (Å²) in [6.07, 6.45) is 1.54. The fourth-order valence-electron chi connectivity index (χ4n) is 1.71. The Morgan fingerprint density at radius 2 is 2.27 bits per heavy atom. The Morgan fingerprint density at radius 1 is 1.53 bits per heavy atom. The molecule has 0 bridgehead atoms. The van der Waals surface area contributed by atoms with Crippen molar-refractivity contribution in [3.05, 3.63) is 11.9 Å². The quantitative estimate of drug-likeness (QED) is 0.775. The van der Waals surface area contributed by atoms with Gasteiger partial charge in [-0.25, -0.2) is 9.97 Å². The average molecular weight is 208 g/mol. The molecule has 2 N–H and O–H groups in total. The van der Waals surface area contributed by atoms with Crippen molar-refractivity contribution in [3.8, 4) is 5.88 Å². The maximum absolute atomic E-state index is 5.74. The molecular formula is C10H16N4O. The van der Waals surface area contributed by atoms with Crippen LogP contribution in [-0.4, -0.2) is 35.7 Å². The van der Waals surface area contributed by atoms with Crippen molar-refractivity contribution < 1.29 is 4.74 Å². The molecule has 1 fully saturated rings. The molecule has 5 heteroatoms. The van der Waals surface area contributed by atoms with Crippen LogP contribution in [0.2, 0.25) is 0 Å². The lowest BCUT2D eigenvalue weighted by Gasteiger charge is -2.38. The van der Waals surface area contributed by atoms with E-state index in [2.05, 4.69) is 14.9 Å². The SMILES string of the molecule is CCOc1ncnc(N2CC(N)C2)c1C. The van der Waals surface area contributed by atoms with Crippen LogP contribution in [0.4, 0.5) is 5.82 Å². The highest BCUT2D eigenvalue weighted by atomic mass is 16.5. The van der Waals surface area contributed by atoms with Crippen molar-refractivity contribution in [2.75, 3.05) is 24.6 Å². The second-order valence-corrected chi connectivity index (χ2v) is 3.73. The first-order valence-electron chi connectivity index (χ1n) is 5.17. The molecule has 82 valence electrons. The number of ether oxygens (including phenoxy) is 1. The fourth-order valence-corrected chi connectivity index (χ4v) is 1.71. The summed E-state index contributed by atoms with van der Waals surface area (Å²) in [5.74, 6) is 1.61. The molecule has 0 unspecified atom stereocenters. The van der Waals surface area contributed by atoms with Gasteiger partial charge in [0.05, 0.1) is 12.2 Å². The molecule has 2 heterocycles. The van der Waals surface area contributed by atoms with Crippen LogP contribution in [0.1, 0.15) is 12.5 Å². The van der Waals surface area contributed by atoms with E-state index in [-0.39, 0.29) is 6.04 Å². The number of anilines is 1. The van der Waals surface area contributed by atoms with Gasteiger partial charge in [0.25, 0.3) is 0 Å². The lowest BCUT2D eigenvalue weighted by Crippen LogP contribution is -2.56. The van der Waals surface area contributed by atoms with Crippen LogP contribution in [0.15, 0.2) is 6.33 Å². The van der Waals surface area contributed by atoms with E-state index in [0.717, 1.165) is 24.5 Å². The van der Waals surface area contributed by atoms with Crippen molar-refractivity contribution in [1.29, 1.82) is 0 Å². The highest BCUT2D eigenvalue weighted by molar-refractivity contribution is 5.52. The van der Waals surface area contributed by atoms with E-state index in [1.165, 1.54) is 6.33 Å². The maximum Gasteiger partial charge on any atom is 0.221 e. The highest BCUT2D eigenvalue weighted by Crippen LogP contribution is 2.26. The first kappa shape index (κ1) is 10.2. The van der Waals surface area contributed by atoms with Crippen LogP contribution < -0.4 is 15.4 Å². The van der Waals surface area contributed by atoms with Gasteiger partial charge < -0.3 is 15.4 Å². The molecule has 5 nitrogen and oxygen atoms in total. The normalized spacial score (nSPS) is 16.3. The summed E-state index contributed by atoms with van der Waals surface area (Å²) in [5.41, 5.74) is 6.73. The van der Waals surface area contributed by atoms with Crippen LogP contribution >= 0.6 is 0 Å². The van der Waals surface area contributed by atoms with E-state index in [1.54, 1.807) is 0 Å². The van der Waals surface area contributed by atoms with E-state index >= 15 is 0 Å². The van der Waals surface area contributed by atoms with Gasteiger partial charge in [0.15, 0.2) is 0 Å². The fraction of sp³-hybridized carbons (Fsp3) is 0.600. The van der Waals surface area contributed by atoms with Crippen LogP contribution in [0.25, 0.3) is 0 Å². The van der Waals surface area contributed by atoms with Gasteiger partial charge in [-0.1, -0.05) is 0 Å². The third kappa shape index (κ3) is 1.87. The van der Waals surface area contributed by atoms with E-state index < -0.39 is 0 Å². The van der Waals surface area contributed by atoms with Gasteiger partial charge in [-0.15, -0.1) is 0 Å². The van der Waals surface area contributed by atoms with Crippen molar-refractivity contribution in [3.63, 3.8) is 0 Å². The Kier molecular flexibility index (Phi) is 2.73. The summed E-state index contributed by atoms with van der Waals surface area (Å²) < 4.78 is 5.41. The molecule has 0 aromatic carbocycles. The highest BCUT2D eigenvalue weighted by Gasteiger charge is 2.26. The number of nitrogens with zero attached hydrogens (tertiary/aromatic N) is 3. The Bertz CT molecular complexity index is 349. The largest absolute Gasteiger partial charge is 0.478 e. The number of nitrogens with two attached hydrogens (primary N) is 1. The first-order chi connectivity index (χ1) is 7.22. The summed E-state index contributed by atoms with van der Waals surface area (Å²) >= 11 is 0. The molecule has 15 heavy (non-hydrogen) atoms. The summed E-state index contributed by atoms with van der Waals surface area (Å²) in [6.45, 7) is 6.27. The lowest BCUT2D eigenvalue weighted by molar-refractivity contribution is 0.323. The zero-order chi connectivity index (χ0) is 10.8. The molecule has 1 aromatic rings. The van der Waals surface area contributed by atoms with Crippen LogP contribution in [0.5, 0.6) is 5.88 Å². The Morgan fingerprint density at radius 3 is 2.87 bits per heavy atom. The minimum atomic E-state index is 0.273. The van der Waals surface area contributed by atoms with Crippen molar-refractivity contribution in [1.82, 2.24) is 9.97 Å². The van der Waals surface area contributed by atoms with Crippen molar-refractivity contribution >= 4 is 5.82 Å². The van der Waals surface area contributed by atoms with Crippen molar-refractivity contribution in [2.45, 2.75) is 19.9 Å². The molecule has 0 saturated carbocycles. The average Bonchev–Trinajstić information content (AvgIpc) is 2.17. The molecule has 0 spiro atoms. The van der Waals surface area contributed by atoms with Crippen LogP contribution in [-0.2, 0) is 0 Å². The van der Waals surface area contributed by atoms with Gasteiger partial charge in [0, 0.05) is 19.1 Å². The Balaban J connectivity index is 2.20. The number of rotatable bonds is 3. The van der Waals surface area contributed by atoms with Crippen LogP contribution in [0.3, 0.4) is 0 Å². The predicted octanol–water partition coefficient (Wildman–Crippen LogP) is 0.331. The van der Waals surface area contributed by atoms with Gasteiger partial charge >= 0.3 is 0 Å². The molecule has 1 aromatic heterocycles. The van der Waals surface area contributed by atoms with E-state index in [0.29, 0.717) is 12.5 Å². The summed E-state index contributed by atoms with van der Waals surface area (Å²) in [6, 6.07) is 0.273. The first-order valence-corrected chi connectivity index (χ1v) is 5.17. The van der Waals surface area contributed by atoms with E-state index in [4.69, 9.17) is 10.5 Å². The smallest absolute Gasteiger partial charge is 0.221 e. The lowest BCUT2D eigenvalue weighted by atomic mass is 10.1. The van der Waals surface area contributed by atoms with Gasteiger partial charge in [0.1, 0.15) is 12.1 Å². The van der Waals surface area contributed by atoms with Gasteiger partial charge in [-0.05, 0) is 13.8 Å². The monoisotopic (exact) mass is 208 g/mol. The number of hydrogen-bond acceptors (Lipinski definition) is 5. The van der Waals surface area contributed by atoms with Gasteiger partial charge in [0.2, 0.25) is 5.88 Å². The van der Waals surface area contributed by atoms with Crippen LogP contribution in [0, 0.1) is 6.92 Å². The zero-order valence-electron chi connectivity index (χ0n) is 9.10. The molecule has 1 aliphatic rings. The molecule has 0 aliphatic carbocycles. The second kappa shape index (κ2) is 4.02. The molecule has 1 saturated heterocycles. The number of hydrogen-bond donors (Lipinski definition) is 1. The number of aromatic nitrogens is 2. The summed E-state index contributed by atoms with van der Waals surface area (Å²) in [5, 5.41) is 0. The molecule has 0 atom stereocenters. The third-order valence-corrected chi connectivity index (χ3v) is 2.50. The molecular weight excluding hydrogens is 192 g/mol. The molecule has 0 radical (unpaired) electrons. The topological polar surface area (TPSA) is 64.3 Å². The minimum Gasteiger partial charge on any atom is -0.478 e. The predicted molar refractivity (Wildman–Crippen MR) is 58.1 cm³/mol. The Hall–Kier alpha value is -1.36. The van der Waals surface area contributed by atoms with Crippen molar-refractivity contribution in [2.24, 2.45) is 5.73 Å². The Labute approximate surface area is 89.3 Å². The van der Waals surface area contributed by atoms with E-state index in [9.17, 15) is 0 Å². The summed E-state index contributed by atoms with van der Waals surface area (Å²) in [4.78, 5) is 10.5. The van der Waals surface area contributed by atoms with Gasteiger partial charge in [-0.3, -0.25) is 0 Å². The minimum absolute atomic E-state index is 0.273. The molecule has 0 amide bonds. The summed E-state index contributed by atoms with van der Waals surface area (Å²) in [7, 11) is 0. The zero-order valence-corrected chi connectivity index (χ0v) is 9.10.